The lowest BCUT2D eigenvalue weighted by Gasteiger charge is -2.17. The second-order valence-electron chi connectivity index (χ2n) is 5.35. The van der Waals surface area contributed by atoms with Crippen molar-refractivity contribution in [3.05, 3.63) is 33.8 Å². The third kappa shape index (κ3) is 2.63. The van der Waals surface area contributed by atoms with E-state index in [0.717, 1.165) is 18.2 Å². The lowest BCUT2D eigenvalue weighted by atomic mass is 9.96. The number of nitrogens with zero attached hydrogens (tertiary/aromatic N) is 3. The topological polar surface area (TPSA) is 41.1 Å². The van der Waals surface area contributed by atoms with Crippen molar-refractivity contribution in [1.82, 2.24) is 9.97 Å². The second kappa shape index (κ2) is 5.79. The van der Waals surface area contributed by atoms with Crippen LogP contribution in [0.25, 0.3) is 0 Å². The molecule has 0 unspecified atom stereocenters. The molecule has 0 atom stereocenters. The van der Waals surface area contributed by atoms with Crippen LogP contribution in [0.4, 0.5) is 11.6 Å². The van der Waals surface area contributed by atoms with Gasteiger partial charge in [0.25, 0.3) is 0 Å². The van der Waals surface area contributed by atoms with E-state index < -0.39 is 0 Å². The predicted octanol–water partition coefficient (Wildman–Crippen LogP) is 3.10. The Morgan fingerprint density at radius 3 is 2.85 bits per heavy atom. The van der Waals surface area contributed by atoms with Gasteiger partial charge in [0.05, 0.1) is 0 Å². The maximum Gasteiger partial charge on any atom is 0.171 e. The van der Waals surface area contributed by atoms with Crippen molar-refractivity contribution in [2.24, 2.45) is 0 Å². The minimum absolute atomic E-state index is 0.839. The Balaban J connectivity index is 1.75. The molecule has 0 saturated heterocycles. The minimum atomic E-state index is 0.839. The SMILES string of the molecule is CN(C)c1nccnc1NCc1csc2c1CCCC2. The monoisotopic (exact) mass is 288 g/mol. The third-order valence-electron chi connectivity index (χ3n) is 3.70. The first-order valence-corrected chi connectivity index (χ1v) is 7.94. The summed E-state index contributed by atoms with van der Waals surface area (Å²) in [5.41, 5.74) is 3.00. The summed E-state index contributed by atoms with van der Waals surface area (Å²) in [5.74, 6) is 1.74. The van der Waals surface area contributed by atoms with Crippen molar-refractivity contribution in [3.8, 4) is 0 Å². The molecular weight excluding hydrogens is 268 g/mol. The number of fused-ring (bicyclic) bond motifs is 1. The van der Waals surface area contributed by atoms with Gasteiger partial charge in [-0.2, -0.15) is 0 Å². The number of aromatic nitrogens is 2. The van der Waals surface area contributed by atoms with Crippen LogP contribution in [0.5, 0.6) is 0 Å². The molecule has 106 valence electrons. The molecule has 2 aromatic rings. The van der Waals surface area contributed by atoms with Crippen molar-refractivity contribution in [1.29, 1.82) is 0 Å². The molecule has 2 heterocycles. The van der Waals surface area contributed by atoms with Crippen LogP contribution in [0.2, 0.25) is 0 Å². The van der Waals surface area contributed by atoms with E-state index in [2.05, 4.69) is 20.7 Å². The lowest BCUT2D eigenvalue weighted by Crippen LogP contribution is -2.15. The Hall–Kier alpha value is -1.62. The fourth-order valence-electron chi connectivity index (χ4n) is 2.67. The zero-order chi connectivity index (χ0) is 13.9. The van der Waals surface area contributed by atoms with Gasteiger partial charge < -0.3 is 10.2 Å². The standard InChI is InChI=1S/C15H20N4S/c1-19(2)15-14(16-7-8-17-15)18-9-11-10-20-13-6-4-3-5-12(11)13/h7-8,10H,3-6,9H2,1-2H3,(H,16,18). The maximum atomic E-state index is 4.40. The Kier molecular flexibility index (Phi) is 3.87. The van der Waals surface area contributed by atoms with Gasteiger partial charge in [0.2, 0.25) is 0 Å². The average molecular weight is 288 g/mol. The molecule has 0 spiro atoms. The molecule has 1 aliphatic rings. The molecule has 3 rings (SSSR count). The van der Waals surface area contributed by atoms with Gasteiger partial charge in [-0.3, -0.25) is 0 Å². The van der Waals surface area contributed by atoms with Crippen LogP contribution in [-0.4, -0.2) is 24.1 Å². The van der Waals surface area contributed by atoms with Crippen LogP contribution < -0.4 is 10.2 Å². The highest BCUT2D eigenvalue weighted by molar-refractivity contribution is 7.10. The summed E-state index contributed by atoms with van der Waals surface area (Å²) in [4.78, 5) is 12.3. The number of thiophene rings is 1. The Morgan fingerprint density at radius 1 is 1.20 bits per heavy atom. The Bertz CT molecular complexity index is 591. The van der Waals surface area contributed by atoms with Crippen LogP contribution in [0, 0.1) is 0 Å². The fourth-order valence-corrected chi connectivity index (χ4v) is 3.82. The van der Waals surface area contributed by atoms with Crippen LogP contribution in [0.1, 0.15) is 28.8 Å². The molecule has 0 fully saturated rings. The quantitative estimate of drug-likeness (QED) is 0.938. The van der Waals surface area contributed by atoms with Crippen LogP contribution in [0.15, 0.2) is 17.8 Å². The van der Waals surface area contributed by atoms with Gasteiger partial charge in [0.15, 0.2) is 11.6 Å². The fraction of sp³-hybridized carbons (Fsp3) is 0.467. The molecule has 0 radical (unpaired) electrons. The van der Waals surface area contributed by atoms with E-state index in [-0.39, 0.29) is 0 Å². The van der Waals surface area contributed by atoms with Gasteiger partial charge in [-0.25, -0.2) is 9.97 Å². The van der Waals surface area contributed by atoms with Gasteiger partial charge in [-0.15, -0.1) is 11.3 Å². The predicted molar refractivity (Wildman–Crippen MR) is 84.6 cm³/mol. The second-order valence-corrected chi connectivity index (χ2v) is 6.31. The highest BCUT2D eigenvalue weighted by Gasteiger charge is 2.16. The summed E-state index contributed by atoms with van der Waals surface area (Å²) in [6.45, 7) is 0.839. The molecule has 0 aliphatic heterocycles. The molecule has 2 aromatic heterocycles. The number of aryl methyl sites for hydroxylation is 1. The third-order valence-corrected chi connectivity index (χ3v) is 4.83. The normalized spacial score (nSPS) is 13.9. The van der Waals surface area contributed by atoms with Gasteiger partial charge in [0, 0.05) is 37.9 Å². The van der Waals surface area contributed by atoms with Crippen LogP contribution >= 0.6 is 11.3 Å². The van der Waals surface area contributed by atoms with E-state index in [0.29, 0.717) is 0 Å². The smallest absolute Gasteiger partial charge is 0.171 e. The van der Waals surface area contributed by atoms with E-state index in [1.54, 1.807) is 22.8 Å². The van der Waals surface area contributed by atoms with Crippen molar-refractivity contribution in [2.75, 3.05) is 24.3 Å². The molecule has 20 heavy (non-hydrogen) atoms. The van der Waals surface area contributed by atoms with E-state index in [1.807, 2.05) is 30.3 Å². The first-order valence-electron chi connectivity index (χ1n) is 7.06. The van der Waals surface area contributed by atoms with Crippen LogP contribution in [0.3, 0.4) is 0 Å². The van der Waals surface area contributed by atoms with Crippen molar-refractivity contribution in [2.45, 2.75) is 32.2 Å². The molecule has 0 saturated carbocycles. The number of hydrogen-bond acceptors (Lipinski definition) is 5. The van der Waals surface area contributed by atoms with Crippen molar-refractivity contribution >= 4 is 23.0 Å². The first kappa shape index (κ1) is 13.4. The van der Waals surface area contributed by atoms with Crippen molar-refractivity contribution in [3.63, 3.8) is 0 Å². The van der Waals surface area contributed by atoms with Gasteiger partial charge in [-0.1, -0.05) is 0 Å². The summed E-state index contributed by atoms with van der Waals surface area (Å²) < 4.78 is 0. The zero-order valence-electron chi connectivity index (χ0n) is 12.0. The molecule has 0 aromatic carbocycles. The molecule has 1 N–H and O–H groups in total. The molecule has 0 bridgehead atoms. The maximum absolute atomic E-state index is 4.40. The summed E-state index contributed by atoms with van der Waals surface area (Å²) in [5, 5.41) is 5.74. The van der Waals surface area contributed by atoms with Crippen molar-refractivity contribution < 1.29 is 0 Å². The molecule has 5 heteroatoms. The number of nitrogens with one attached hydrogen (secondary N) is 1. The average Bonchev–Trinajstić information content (AvgIpc) is 2.88. The molecule has 4 nitrogen and oxygen atoms in total. The summed E-state index contributed by atoms with van der Waals surface area (Å²) in [7, 11) is 3.98. The highest BCUT2D eigenvalue weighted by atomic mass is 32.1. The summed E-state index contributed by atoms with van der Waals surface area (Å²) >= 11 is 1.91. The van der Waals surface area contributed by atoms with Gasteiger partial charge in [0.1, 0.15) is 0 Å². The van der Waals surface area contributed by atoms with E-state index >= 15 is 0 Å². The zero-order valence-corrected chi connectivity index (χ0v) is 12.8. The highest BCUT2D eigenvalue weighted by Crippen LogP contribution is 2.31. The first-order chi connectivity index (χ1) is 9.75. The van der Waals surface area contributed by atoms with Gasteiger partial charge >= 0.3 is 0 Å². The van der Waals surface area contributed by atoms with E-state index in [1.165, 1.54) is 31.2 Å². The molecule has 1 aliphatic carbocycles. The lowest BCUT2D eigenvalue weighted by molar-refractivity contribution is 0.692. The Labute approximate surface area is 123 Å². The van der Waals surface area contributed by atoms with Gasteiger partial charge in [-0.05, 0) is 42.2 Å². The number of rotatable bonds is 4. The summed E-state index contributed by atoms with van der Waals surface area (Å²) in [6.07, 6.45) is 8.62. The van der Waals surface area contributed by atoms with Crippen LogP contribution in [-0.2, 0) is 19.4 Å². The molecule has 0 amide bonds. The Morgan fingerprint density at radius 2 is 2.00 bits per heavy atom. The summed E-state index contributed by atoms with van der Waals surface area (Å²) in [6, 6.07) is 0. The van der Waals surface area contributed by atoms with E-state index in [9.17, 15) is 0 Å². The minimum Gasteiger partial charge on any atom is -0.363 e. The largest absolute Gasteiger partial charge is 0.363 e. The number of hydrogen-bond donors (Lipinski definition) is 1. The van der Waals surface area contributed by atoms with E-state index in [4.69, 9.17) is 0 Å². The number of anilines is 2. The molecular formula is C15H20N4S.